The molecule has 0 saturated heterocycles. The predicted molar refractivity (Wildman–Crippen MR) is 81.6 cm³/mol. The zero-order chi connectivity index (χ0) is 14.0. The summed E-state index contributed by atoms with van der Waals surface area (Å²) >= 11 is 5.12. The van der Waals surface area contributed by atoms with E-state index in [0.717, 1.165) is 41.5 Å². The van der Waals surface area contributed by atoms with Crippen molar-refractivity contribution in [2.24, 2.45) is 11.7 Å². The lowest BCUT2D eigenvalue weighted by atomic mass is 9.89. The van der Waals surface area contributed by atoms with E-state index in [2.05, 4.69) is 11.9 Å². The van der Waals surface area contributed by atoms with Crippen molar-refractivity contribution in [2.75, 3.05) is 0 Å². The maximum atomic E-state index is 6.15. The van der Waals surface area contributed by atoms with Crippen LogP contribution in [0.2, 0.25) is 0 Å². The van der Waals surface area contributed by atoms with Crippen LogP contribution in [0.3, 0.4) is 0 Å². The molecule has 1 aliphatic carbocycles. The number of aryl methyl sites for hydroxylation is 2. The molecule has 0 bridgehead atoms. The quantitative estimate of drug-likeness (QED) is 0.862. The summed E-state index contributed by atoms with van der Waals surface area (Å²) in [4.78, 5) is 4.78. The van der Waals surface area contributed by atoms with Gasteiger partial charge in [-0.15, -0.1) is 0 Å². The molecule has 3 nitrogen and oxygen atoms in total. The van der Waals surface area contributed by atoms with E-state index in [4.69, 9.17) is 22.7 Å². The SMILES string of the molecule is Cc1cc(OC2CCC(C)CC2)c(C(N)=S)c(C)n1. The van der Waals surface area contributed by atoms with E-state index in [1.807, 2.05) is 19.9 Å². The number of pyridine rings is 1. The predicted octanol–water partition coefficient (Wildman–Crippen LogP) is 3.29. The van der Waals surface area contributed by atoms with Gasteiger partial charge in [-0.1, -0.05) is 19.1 Å². The highest BCUT2D eigenvalue weighted by Crippen LogP contribution is 2.30. The minimum atomic E-state index is 0.283. The fourth-order valence-corrected chi connectivity index (χ4v) is 2.96. The highest BCUT2D eigenvalue weighted by molar-refractivity contribution is 7.80. The molecule has 104 valence electrons. The van der Waals surface area contributed by atoms with Crippen molar-refractivity contribution >= 4 is 17.2 Å². The van der Waals surface area contributed by atoms with E-state index in [9.17, 15) is 0 Å². The standard InChI is InChI=1S/C15H22N2OS/c1-9-4-6-12(7-5-9)18-13-8-10(2)17-11(3)14(13)15(16)19/h8-9,12H,4-7H2,1-3H3,(H2,16,19). The molecule has 1 aliphatic rings. The number of thiocarbonyl (C=S) groups is 1. The molecule has 0 spiro atoms. The third-order valence-corrected chi connectivity index (χ3v) is 4.00. The fraction of sp³-hybridized carbons (Fsp3) is 0.600. The van der Waals surface area contributed by atoms with Crippen LogP contribution in [-0.2, 0) is 0 Å². The maximum Gasteiger partial charge on any atom is 0.133 e. The molecule has 0 aliphatic heterocycles. The van der Waals surface area contributed by atoms with Crippen molar-refractivity contribution < 1.29 is 4.74 Å². The molecule has 1 saturated carbocycles. The van der Waals surface area contributed by atoms with Crippen molar-refractivity contribution in [3.05, 3.63) is 23.0 Å². The molecule has 0 aromatic carbocycles. The second-order valence-corrected chi connectivity index (χ2v) is 6.03. The molecule has 1 aromatic rings. The first-order chi connectivity index (χ1) is 8.97. The highest BCUT2D eigenvalue weighted by Gasteiger charge is 2.22. The number of nitrogens with two attached hydrogens (primary N) is 1. The topological polar surface area (TPSA) is 48.1 Å². The molecular formula is C15H22N2OS. The summed E-state index contributed by atoms with van der Waals surface area (Å²) in [5.74, 6) is 1.62. The number of hydrogen-bond acceptors (Lipinski definition) is 3. The van der Waals surface area contributed by atoms with Gasteiger partial charge in [0.05, 0.1) is 17.4 Å². The molecule has 4 heteroatoms. The van der Waals surface area contributed by atoms with Crippen molar-refractivity contribution in [3.63, 3.8) is 0 Å². The molecule has 0 radical (unpaired) electrons. The molecule has 1 aromatic heterocycles. The molecular weight excluding hydrogens is 256 g/mol. The number of nitrogens with zero attached hydrogens (tertiary/aromatic N) is 1. The zero-order valence-corrected chi connectivity index (χ0v) is 12.7. The van der Waals surface area contributed by atoms with Crippen molar-refractivity contribution in [2.45, 2.75) is 52.6 Å². The van der Waals surface area contributed by atoms with Gasteiger partial charge < -0.3 is 10.5 Å². The first-order valence-corrected chi connectivity index (χ1v) is 7.33. The molecule has 1 fully saturated rings. The number of ether oxygens (including phenoxy) is 1. The average molecular weight is 278 g/mol. The molecule has 2 rings (SSSR count). The monoisotopic (exact) mass is 278 g/mol. The molecule has 19 heavy (non-hydrogen) atoms. The van der Waals surface area contributed by atoms with Crippen LogP contribution in [0.25, 0.3) is 0 Å². The third kappa shape index (κ3) is 3.44. The summed E-state index contributed by atoms with van der Waals surface area (Å²) in [6.07, 6.45) is 4.97. The van der Waals surface area contributed by atoms with E-state index in [-0.39, 0.29) is 6.10 Å². The Bertz CT molecular complexity index is 479. The van der Waals surface area contributed by atoms with Gasteiger partial charge in [0, 0.05) is 11.8 Å². The van der Waals surface area contributed by atoms with E-state index in [1.54, 1.807) is 0 Å². The number of rotatable bonds is 3. The Morgan fingerprint density at radius 1 is 1.32 bits per heavy atom. The van der Waals surface area contributed by atoms with E-state index < -0.39 is 0 Å². The van der Waals surface area contributed by atoms with E-state index in [1.165, 1.54) is 12.8 Å². The lowest BCUT2D eigenvalue weighted by Gasteiger charge is -2.28. The average Bonchev–Trinajstić information content (AvgIpc) is 2.30. The Labute approximate surface area is 120 Å². The first-order valence-electron chi connectivity index (χ1n) is 6.92. The van der Waals surface area contributed by atoms with Crippen LogP contribution in [0, 0.1) is 19.8 Å². The Hall–Kier alpha value is -1.16. The van der Waals surface area contributed by atoms with Gasteiger partial charge in [-0.05, 0) is 45.4 Å². The van der Waals surface area contributed by atoms with Crippen LogP contribution in [0.15, 0.2) is 6.07 Å². The van der Waals surface area contributed by atoms with Crippen LogP contribution in [0.1, 0.15) is 49.6 Å². The van der Waals surface area contributed by atoms with Crippen LogP contribution in [-0.4, -0.2) is 16.1 Å². The third-order valence-electron chi connectivity index (χ3n) is 3.80. The molecule has 1 heterocycles. The van der Waals surface area contributed by atoms with Gasteiger partial charge in [0.2, 0.25) is 0 Å². The van der Waals surface area contributed by atoms with Crippen molar-refractivity contribution in [1.29, 1.82) is 0 Å². The van der Waals surface area contributed by atoms with Crippen molar-refractivity contribution in [3.8, 4) is 5.75 Å². The summed E-state index contributed by atoms with van der Waals surface area (Å²) in [5, 5.41) is 0. The van der Waals surface area contributed by atoms with E-state index in [0.29, 0.717) is 4.99 Å². The highest BCUT2D eigenvalue weighted by atomic mass is 32.1. The Kier molecular flexibility index (Phi) is 4.40. The van der Waals surface area contributed by atoms with Crippen LogP contribution < -0.4 is 10.5 Å². The maximum absolute atomic E-state index is 6.15. The van der Waals surface area contributed by atoms with Gasteiger partial charge in [0.1, 0.15) is 10.7 Å². The Morgan fingerprint density at radius 2 is 1.95 bits per heavy atom. The van der Waals surface area contributed by atoms with Crippen molar-refractivity contribution in [1.82, 2.24) is 4.98 Å². The van der Waals surface area contributed by atoms with Gasteiger partial charge in [-0.3, -0.25) is 4.98 Å². The smallest absolute Gasteiger partial charge is 0.133 e. The summed E-state index contributed by atoms with van der Waals surface area (Å²) in [6, 6.07) is 1.94. The minimum Gasteiger partial charge on any atom is -0.490 e. The van der Waals surface area contributed by atoms with Crippen LogP contribution >= 0.6 is 12.2 Å². The molecule has 0 unspecified atom stereocenters. The van der Waals surface area contributed by atoms with E-state index >= 15 is 0 Å². The minimum absolute atomic E-state index is 0.283. The first kappa shape index (κ1) is 14.3. The fourth-order valence-electron chi connectivity index (χ4n) is 2.71. The van der Waals surface area contributed by atoms with Gasteiger partial charge in [0.15, 0.2) is 0 Å². The summed E-state index contributed by atoms with van der Waals surface area (Å²) in [6.45, 7) is 6.20. The Morgan fingerprint density at radius 3 is 2.53 bits per heavy atom. The zero-order valence-electron chi connectivity index (χ0n) is 11.9. The second kappa shape index (κ2) is 5.87. The largest absolute Gasteiger partial charge is 0.490 e. The molecule has 0 amide bonds. The second-order valence-electron chi connectivity index (χ2n) is 5.59. The van der Waals surface area contributed by atoms with Crippen LogP contribution in [0.5, 0.6) is 5.75 Å². The summed E-state index contributed by atoms with van der Waals surface area (Å²) in [7, 11) is 0. The lowest BCUT2D eigenvalue weighted by molar-refractivity contribution is 0.135. The molecule has 2 N–H and O–H groups in total. The lowest BCUT2D eigenvalue weighted by Crippen LogP contribution is -2.25. The van der Waals surface area contributed by atoms with Crippen LogP contribution in [0.4, 0.5) is 0 Å². The molecule has 0 atom stereocenters. The summed E-state index contributed by atoms with van der Waals surface area (Å²) < 4.78 is 6.15. The summed E-state index contributed by atoms with van der Waals surface area (Å²) in [5.41, 5.74) is 8.39. The number of aromatic nitrogens is 1. The number of hydrogen-bond donors (Lipinski definition) is 1. The van der Waals surface area contributed by atoms with Gasteiger partial charge >= 0.3 is 0 Å². The van der Waals surface area contributed by atoms with Gasteiger partial charge in [-0.2, -0.15) is 0 Å². The van der Waals surface area contributed by atoms with Gasteiger partial charge in [0.25, 0.3) is 0 Å². The Balaban J connectivity index is 2.21. The normalized spacial score (nSPS) is 23.1. The van der Waals surface area contributed by atoms with Gasteiger partial charge in [-0.25, -0.2) is 0 Å².